The summed E-state index contributed by atoms with van der Waals surface area (Å²) in [6, 6.07) is 12.3. The summed E-state index contributed by atoms with van der Waals surface area (Å²) in [6.07, 6.45) is 1.58. The van der Waals surface area contributed by atoms with Crippen molar-refractivity contribution in [2.75, 3.05) is 11.9 Å². The topological polar surface area (TPSA) is 47.0 Å². The summed E-state index contributed by atoms with van der Waals surface area (Å²) in [5.74, 6) is 2.04. The molecule has 1 aromatic carbocycles. The van der Waals surface area contributed by atoms with Crippen molar-refractivity contribution in [2.45, 2.75) is 25.8 Å². The minimum atomic E-state index is 0.131. The lowest BCUT2D eigenvalue weighted by atomic mass is 10.1. The van der Waals surface area contributed by atoms with Crippen LogP contribution in [0.2, 0.25) is 0 Å². The average Bonchev–Trinajstić information content (AvgIpc) is 3.06. The average molecular weight is 453 g/mol. The molecule has 26 heavy (non-hydrogen) atoms. The van der Waals surface area contributed by atoms with E-state index in [2.05, 4.69) is 50.3 Å². The third-order valence-electron chi connectivity index (χ3n) is 3.85. The molecule has 3 aromatic rings. The number of halogens is 2. The molecule has 0 fully saturated rings. The van der Waals surface area contributed by atoms with Crippen LogP contribution in [0.1, 0.15) is 30.3 Å². The summed E-state index contributed by atoms with van der Waals surface area (Å²) in [7, 11) is 0. The van der Waals surface area contributed by atoms with Crippen LogP contribution in [0.25, 0.3) is 10.6 Å². The largest absolute Gasteiger partial charge is 0.493 e. The fraction of sp³-hybridized carbons (Fsp3) is 0.263. The summed E-state index contributed by atoms with van der Waals surface area (Å²) in [6.45, 7) is 4.68. The monoisotopic (exact) mass is 451 g/mol. The molecule has 1 unspecified atom stereocenters. The summed E-state index contributed by atoms with van der Waals surface area (Å²) in [4.78, 5) is 10.8. The molecule has 0 aliphatic carbocycles. The maximum Gasteiger partial charge on any atom is 0.135 e. The fourth-order valence-electron chi connectivity index (χ4n) is 2.54. The summed E-state index contributed by atoms with van der Waals surface area (Å²) in [5.41, 5.74) is 2.04. The van der Waals surface area contributed by atoms with E-state index in [1.807, 2.05) is 31.2 Å². The van der Waals surface area contributed by atoms with Gasteiger partial charge < -0.3 is 10.1 Å². The van der Waals surface area contributed by atoms with Crippen molar-refractivity contribution in [1.29, 1.82) is 0 Å². The van der Waals surface area contributed by atoms with Gasteiger partial charge in [0, 0.05) is 22.6 Å². The van der Waals surface area contributed by atoms with Crippen LogP contribution in [-0.4, -0.2) is 16.6 Å². The van der Waals surface area contributed by atoms with Crippen molar-refractivity contribution in [3.63, 3.8) is 0 Å². The van der Waals surface area contributed by atoms with Gasteiger partial charge in [0.25, 0.3) is 0 Å². The Hall–Kier alpha value is -1.63. The van der Waals surface area contributed by atoms with E-state index in [0.717, 1.165) is 31.5 Å². The number of rotatable bonds is 7. The third-order valence-corrected chi connectivity index (χ3v) is 5.94. The number of thiophene rings is 1. The lowest BCUT2D eigenvalue weighted by Crippen LogP contribution is -2.08. The molecule has 2 heterocycles. The van der Waals surface area contributed by atoms with Crippen LogP contribution in [-0.2, 0) is 5.88 Å². The number of ether oxygens (including phenoxy) is 1. The smallest absolute Gasteiger partial charge is 0.135 e. The van der Waals surface area contributed by atoms with Crippen LogP contribution in [0.15, 0.2) is 47.2 Å². The Kier molecular flexibility index (Phi) is 6.51. The number of anilines is 1. The lowest BCUT2D eigenvalue weighted by Gasteiger charge is -2.15. The molecule has 0 saturated heterocycles. The fourth-order valence-corrected chi connectivity index (χ4v) is 4.02. The van der Waals surface area contributed by atoms with Gasteiger partial charge in [-0.25, -0.2) is 9.97 Å². The molecular weight excluding hydrogens is 434 g/mol. The molecule has 0 saturated carbocycles. The van der Waals surface area contributed by atoms with E-state index in [4.69, 9.17) is 16.3 Å². The van der Waals surface area contributed by atoms with Crippen molar-refractivity contribution in [3.05, 3.63) is 57.6 Å². The van der Waals surface area contributed by atoms with E-state index in [0.29, 0.717) is 12.5 Å². The van der Waals surface area contributed by atoms with Gasteiger partial charge in [-0.1, -0.05) is 28.1 Å². The molecule has 1 N–H and O–H groups in total. The first-order valence-electron chi connectivity index (χ1n) is 8.26. The minimum Gasteiger partial charge on any atom is -0.493 e. The van der Waals surface area contributed by atoms with E-state index >= 15 is 0 Å². The number of benzene rings is 1. The highest BCUT2D eigenvalue weighted by Crippen LogP contribution is 2.37. The van der Waals surface area contributed by atoms with Gasteiger partial charge in [0.2, 0.25) is 0 Å². The molecule has 4 nitrogen and oxygen atoms in total. The quantitative estimate of drug-likeness (QED) is 0.429. The first kappa shape index (κ1) is 19.1. The van der Waals surface area contributed by atoms with Crippen molar-refractivity contribution in [2.24, 2.45) is 0 Å². The highest BCUT2D eigenvalue weighted by atomic mass is 79.9. The second-order valence-electron chi connectivity index (χ2n) is 5.67. The van der Waals surface area contributed by atoms with Gasteiger partial charge in [0.05, 0.1) is 27.9 Å². The van der Waals surface area contributed by atoms with E-state index in [1.165, 1.54) is 5.56 Å². The predicted octanol–water partition coefficient (Wildman–Crippen LogP) is 6.28. The minimum absolute atomic E-state index is 0.131. The predicted molar refractivity (Wildman–Crippen MR) is 112 cm³/mol. The van der Waals surface area contributed by atoms with Gasteiger partial charge in [-0.2, -0.15) is 0 Å². The molecule has 1 atom stereocenters. The molecule has 136 valence electrons. The standard InChI is InChI=1S/C19H19BrClN3OS/c1-3-25-16-9-17(26-18(16)10-21)15-8-19(23-11-22-15)24-12(2)13-4-6-14(20)7-5-13/h4-9,11-12H,3,10H2,1-2H3,(H,22,23,24). The number of nitrogens with zero attached hydrogens (tertiary/aromatic N) is 2. The van der Waals surface area contributed by atoms with Crippen molar-refractivity contribution < 1.29 is 4.74 Å². The molecular formula is C19H19BrClN3OS. The molecule has 0 bridgehead atoms. The normalized spacial score (nSPS) is 12.0. The molecule has 0 aliphatic rings. The Balaban J connectivity index is 1.81. The van der Waals surface area contributed by atoms with Crippen molar-refractivity contribution in [1.82, 2.24) is 9.97 Å². The van der Waals surface area contributed by atoms with Crippen LogP contribution in [0.5, 0.6) is 5.75 Å². The van der Waals surface area contributed by atoms with Crippen molar-refractivity contribution >= 4 is 44.7 Å². The number of hydrogen-bond donors (Lipinski definition) is 1. The first-order chi connectivity index (χ1) is 12.6. The number of alkyl halides is 1. The van der Waals surface area contributed by atoms with Gasteiger partial charge in [-0.3, -0.25) is 0 Å². The molecule has 0 radical (unpaired) electrons. The van der Waals surface area contributed by atoms with Crippen LogP contribution >= 0.6 is 38.9 Å². The van der Waals surface area contributed by atoms with E-state index in [9.17, 15) is 0 Å². The second kappa shape index (κ2) is 8.84. The number of hydrogen-bond acceptors (Lipinski definition) is 5. The van der Waals surface area contributed by atoms with E-state index < -0.39 is 0 Å². The molecule has 3 rings (SSSR count). The zero-order valence-electron chi connectivity index (χ0n) is 14.5. The van der Waals surface area contributed by atoms with Gasteiger partial charge >= 0.3 is 0 Å². The van der Waals surface area contributed by atoms with Gasteiger partial charge in [-0.05, 0) is 31.5 Å². The van der Waals surface area contributed by atoms with Crippen LogP contribution in [0.4, 0.5) is 5.82 Å². The summed E-state index contributed by atoms with van der Waals surface area (Å²) in [5, 5.41) is 3.43. The maximum absolute atomic E-state index is 6.03. The van der Waals surface area contributed by atoms with Gasteiger partial charge in [0.1, 0.15) is 17.9 Å². The molecule has 0 spiro atoms. The highest BCUT2D eigenvalue weighted by Gasteiger charge is 2.13. The van der Waals surface area contributed by atoms with E-state index in [-0.39, 0.29) is 6.04 Å². The van der Waals surface area contributed by atoms with Crippen molar-refractivity contribution in [3.8, 4) is 16.3 Å². The van der Waals surface area contributed by atoms with Crippen LogP contribution in [0, 0.1) is 0 Å². The summed E-state index contributed by atoms with van der Waals surface area (Å²) < 4.78 is 6.72. The number of aromatic nitrogens is 2. The third kappa shape index (κ3) is 4.55. The van der Waals surface area contributed by atoms with E-state index in [1.54, 1.807) is 17.7 Å². The van der Waals surface area contributed by atoms with Crippen LogP contribution in [0.3, 0.4) is 0 Å². The van der Waals surface area contributed by atoms with Crippen LogP contribution < -0.4 is 10.1 Å². The summed E-state index contributed by atoms with van der Waals surface area (Å²) >= 11 is 11.1. The molecule has 0 amide bonds. The highest BCUT2D eigenvalue weighted by molar-refractivity contribution is 9.10. The Morgan fingerprint density at radius 1 is 1.23 bits per heavy atom. The lowest BCUT2D eigenvalue weighted by molar-refractivity contribution is 0.339. The second-order valence-corrected chi connectivity index (χ2v) is 7.99. The SMILES string of the molecule is CCOc1cc(-c2cc(NC(C)c3ccc(Br)cc3)ncn2)sc1CCl. The van der Waals surface area contributed by atoms with Gasteiger partial charge in [-0.15, -0.1) is 22.9 Å². The Morgan fingerprint density at radius 3 is 2.69 bits per heavy atom. The molecule has 7 heteroatoms. The zero-order chi connectivity index (χ0) is 18.5. The number of nitrogens with one attached hydrogen (secondary N) is 1. The molecule has 0 aliphatic heterocycles. The van der Waals surface area contributed by atoms with Gasteiger partial charge in [0.15, 0.2) is 0 Å². The Morgan fingerprint density at radius 2 is 2.00 bits per heavy atom. The first-order valence-corrected chi connectivity index (χ1v) is 10.4. The zero-order valence-corrected chi connectivity index (χ0v) is 17.7. The Bertz CT molecular complexity index is 869. The maximum atomic E-state index is 6.03. The Labute approximate surface area is 170 Å². The molecule has 2 aromatic heterocycles.